The number of fused-ring (bicyclic) bond motifs is 8. The van der Waals surface area contributed by atoms with E-state index < -0.39 is 46.9 Å². The molecule has 1 aromatic heterocycles. The summed E-state index contributed by atoms with van der Waals surface area (Å²) < 4.78 is 33.4. The van der Waals surface area contributed by atoms with Crippen LogP contribution in [0.2, 0.25) is 0 Å². The number of aryl methyl sites for hydroxylation is 1. The summed E-state index contributed by atoms with van der Waals surface area (Å²) in [5.74, 6) is -0.763. The van der Waals surface area contributed by atoms with Gasteiger partial charge < -0.3 is 29.7 Å². The summed E-state index contributed by atoms with van der Waals surface area (Å²) in [6.07, 6.45) is 0.902. The van der Waals surface area contributed by atoms with E-state index in [0.29, 0.717) is 33.8 Å². The van der Waals surface area contributed by atoms with Crippen LogP contribution in [0.5, 0.6) is 17.2 Å². The van der Waals surface area contributed by atoms with Crippen LogP contribution >= 0.6 is 0 Å². The van der Waals surface area contributed by atoms with Crippen molar-refractivity contribution in [3.8, 4) is 28.4 Å². The Morgan fingerprint density at radius 1 is 1.02 bits per heavy atom. The van der Waals surface area contributed by atoms with E-state index >= 15 is 0 Å². The predicted molar refractivity (Wildman–Crippen MR) is 175 cm³/mol. The van der Waals surface area contributed by atoms with Crippen molar-refractivity contribution in [1.29, 1.82) is 0 Å². The Kier molecular flexibility index (Phi) is 9.47. The second-order valence-electron chi connectivity index (χ2n) is 11.9. The van der Waals surface area contributed by atoms with E-state index in [0.717, 1.165) is 4.57 Å². The van der Waals surface area contributed by atoms with Gasteiger partial charge in [-0.15, -0.1) is 0 Å². The minimum Gasteiger partial charge on any atom is -0.496 e. The van der Waals surface area contributed by atoms with Crippen LogP contribution in [0, 0.1) is 12.7 Å². The highest BCUT2D eigenvalue weighted by molar-refractivity contribution is 5.96. The van der Waals surface area contributed by atoms with Gasteiger partial charge in [-0.2, -0.15) is 0 Å². The summed E-state index contributed by atoms with van der Waals surface area (Å²) in [4.78, 5) is 67.7. The first kappa shape index (κ1) is 33.0. The third kappa shape index (κ3) is 7.64. The highest BCUT2D eigenvalue weighted by atomic mass is 19.1. The van der Waals surface area contributed by atoms with Crippen molar-refractivity contribution < 1.29 is 33.0 Å². The lowest BCUT2D eigenvalue weighted by Gasteiger charge is -2.39. The SMILES string of the molecule is COc1ccc2cc1-c1cccc(c1)OCC(=O)NCc1cc(F)cc(c1)O[C@@H]1CCN(C(=O)Cn3cc(C)c(=O)[nH]c3=O)C[C@H]1NC2=O. The molecule has 254 valence electrons. The Balaban J connectivity index is 1.34. The van der Waals surface area contributed by atoms with Crippen molar-refractivity contribution >= 4 is 17.7 Å². The first-order valence-electron chi connectivity index (χ1n) is 15.6. The molecule has 2 atom stereocenters. The smallest absolute Gasteiger partial charge is 0.328 e. The van der Waals surface area contributed by atoms with E-state index in [-0.39, 0.29) is 50.5 Å². The van der Waals surface area contributed by atoms with Crippen LogP contribution in [0.4, 0.5) is 4.39 Å². The zero-order valence-corrected chi connectivity index (χ0v) is 26.8. The number of carbonyl (C=O) groups excluding carboxylic acids is 3. The molecule has 1 saturated heterocycles. The van der Waals surface area contributed by atoms with Crippen LogP contribution < -0.4 is 36.1 Å². The number of aromatic amines is 1. The summed E-state index contributed by atoms with van der Waals surface area (Å²) in [7, 11) is 1.51. The number of ether oxygens (including phenoxy) is 3. The number of H-pyrrole nitrogens is 1. The second kappa shape index (κ2) is 14.1. The van der Waals surface area contributed by atoms with Gasteiger partial charge in [0.2, 0.25) is 5.91 Å². The van der Waals surface area contributed by atoms with Crippen LogP contribution in [-0.2, 0) is 22.7 Å². The number of likely N-dealkylation sites (tertiary alicyclic amines) is 1. The Morgan fingerprint density at radius 2 is 1.86 bits per heavy atom. The third-order valence-electron chi connectivity index (χ3n) is 8.40. The number of rotatable bonds is 3. The zero-order valence-electron chi connectivity index (χ0n) is 26.8. The van der Waals surface area contributed by atoms with Crippen molar-refractivity contribution in [1.82, 2.24) is 25.1 Å². The fourth-order valence-electron chi connectivity index (χ4n) is 5.86. The van der Waals surface area contributed by atoms with E-state index in [4.69, 9.17) is 14.2 Å². The van der Waals surface area contributed by atoms with Crippen LogP contribution in [0.25, 0.3) is 11.1 Å². The Bertz CT molecular complexity index is 2040. The van der Waals surface area contributed by atoms with E-state index in [1.54, 1.807) is 42.5 Å². The first-order valence-corrected chi connectivity index (χ1v) is 15.6. The lowest BCUT2D eigenvalue weighted by atomic mass is 9.99. The van der Waals surface area contributed by atoms with Crippen molar-refractivity contribution in [3.05, 3.63) is 110 Å². The van der Waals surface area contributed by atoms with Crippen LogP contribution in [0.15, 0.2) is 76.4 Å². The normalized spacial score (nSPS) is 17.9. The second-order valence-corrected chi connectivity index (χ2v) is 11.9. The summed E-state index contributed by atoms with van der Waals surface area (Å²) in [5.41, 5.74) is 1.05. The molecular formula is C35H34FN5O8. The molecule has 3 N–H and O–H groups in total. The third-order valence-corrected chi connectivity index (χ3v) is 8.40. The minimum atomic E-state index is -0.755. The summed E-state index contributed by atoms with van der Waals surface area (Å²) in [5, 5.41) is 5.72. The molecular weight excluding hydrogens is 637 g/mol. The van der Waals surface area contributed by atoms with Gasteiger partial charge in [-0.25, -0.2) is 9.18 Å². The van der Waals surface area contributed by atoms with Gasteiger partial charge in [0.1, 0.15) is 35.7 Å². The van der Waals surface area contributed by atoms with Gasteiger partial charge in [-0.3, -0.25) is 28.7 Å². The number of amides is 3. The average molecular weight is 672 g/mol. The number of carbonyl (C=O) groups is 3. The molecule has 0 radical (unpaired) electrons. The molecule has 3 aromatic carbocycles. The number of piperidine rings is 1. The van der Waals surface area contributed by atoms with Gasteiger partial charge in [-0.05, 0) is 60.5 Å². The maximum Gasteiger partial charge on any atom is 0.328 e. The molecule has 14 heteroatoms. The summed E-state index contributed by atoms with van der Waals surface area (Å²) in [6, 6.07) is 15.3. The van der Waals surface area contributed by atoms with Crippen molar-refractivity contribution in [2.45, 2.75) is 38.6 Å². The molecule has 2 aliphatic heterocycles. The van der Waals surface area contributed by atoms with Crippen LogP contribution in [0.1, 0.15) is 27.9 Å². The molecule has 1 fully saturated rings. The molecule has 3 heterocycles. The molecule has 0 aliphatic carbocycles. The number of benzene rings is 3. The van der Waals surface area contributed by atoms with Gasteiger partial charge in [0.25, 0.3) is 17.4 Å². The fourth-order valence-corrected chi connectivity index (χ4v) is 5.86. The fraction of sp³-hybridized carbons (Fsp3) is 0.286. The topological polar surface area (TPSA) is 161 Å². The Hall–Kier alpha value is -5.92. The summed E-state index contributed by atoms with van der Waals surface area (Å²) >= 11 is 0. The highest BCUT2D eigenvalue weighted by Crippen LogP contribution is 2.33. The molecule has 0 saturated carbocycles. The lowest BCUT2D eigenvalue weighted by Crippen LogP contribution is -2.58. The van der Waals surface area contributed by atoms with Gasteiger partial charge in [0, 0.05) is 55.0 Å². The molecule has 49 heavy (non-hydrogen) atoms. The quantitative estimate of drug-likeness (QED) is 0.299. The minimum absolute atomic E-state index is 0.0100. The monoisotopic (exact) mass is 671 g/mol. The number of halogens is 1. The van der Waals surface area contributed by atoms with E-state index in [1.807, 2.05) is 6.07 Å². The lowest BCUT2D eigenvalue weighted by molar-refractivity contribution is -0.134. The van der Waals surface area contributed by atoms with Gasteiger partial charge in [0.15, 0.2) is 6.61 Å². The predicted octanol–water partition coefficient (Wildman–Crippen LogP) is 2.15. The Morgan fingerprint density at radius 3 is 2.67 bits per heavy atom. The van der Waals surface area contributed by atoms with Crippen molar-refractivity contribution in [2.75, 3.05) is 26.8 Å². The largest absolute Gasteiger partial charge is 0.496 e. The summed E-state index contributed by atoms with van der Waals surface area (Å²) in [6.45, 7) is 1.17. The molecule has 3 amide bonds. The van der Waals surface area contributed by atoms with E-state index in [1.165, 1.54) is 37.3 Å². The van der Waals surface area contributed by atoms with Crippen LogP contribution in [0.3, 0.4) is 0 Å². The van der Waals surface area contributed by atoms with Gasteiger partial charge in [0.05, 0.1) is 13.2 Å². The molecule has 2 aliphatic rings. The number of nitrogens with one attached hydrogen (secondary N) is 3. The van der Waals surface area contributed by atoms with Crippen molar-refractivity contribution in [2.24, 2.45) is 0 Å². The molecule has 4 aromatic rings. The number of methoxy groups -OCH3 is 1. The highest BCUT2D eigenvalue weighted by Gasteiger charge is 2.35. The maximum absolute atomic E-state index is 14.7. The van der Waals surface area contributed by atoms with Crippen LogP contribution in [-0.4, -0.2) is 71.1 Å². The molecule has 6 bridgehead atoms. The van der Waals surface area contributed by atoms with Gasteiger partial charge >= 0.3 is 5.69 Å². The standard InChI is InChI=1S/C35H34FN5O8/c1-20-16-41(35(46)39-33(20)44)18-32(43)40-9-8-30-28(17-40)38-34(45)23-6-7-29(47-2)27(13-23)22-4-3-5-25(12-22)48-19-31(42)37-15-21-10-24(36)14-26(11-21)49-30/h3-7,10-14,16,28,30H,8-9,15,17-19H2,1-2H3,(H,37,42)(H,38,45)(H,39,44,46)/t28-,30-/m1/s1. The number of hydrogen-bond donors (Lipinski definition) is 3. The Labute approximate surface area is 279 Å². The number of nitrogens with zero attached hydrogens (tertiary/aromatic N) is 2. The number of aromatic nitrogens is 2. The zero-order chi connectivity index (χ0) is 34.7. The molecule has 0 spiro atoms. The van der Waals surface area contributed by atoms with E-state index in [9.17, 15) is 28.4 Å². The van der Waals surface area contributed by atoms with Crippen molar-refractivity contribution in [3.63, 3.8) is 0 Å². The average Bonchev–Trinajstić information content (AvgIpc) is 3.08. The molecule has 0 unspecified atom stereocenters. The maximum atomic E-state index is 14.7. The van der Waals surface area contributed by atoms with Gasteiger partial charge in [-0.1, -0.05) is 12.1 Å². The molecule has 6 rings (SSSR count). The van der Waals surface area contributed by atoms with E-state index in [2.05, 4.69) is 15.6 Å². The molecule has 13 nitrogen and oxygen atoms in total. The number of hydrogen-bond acceptors (Lipinski definition) is 8. The first-order chi connectivity index (χ1) is 23.6.